The molecule has 0 radical (unpaired) electrons. The van der Waals surface area contributed by atoms with Gasteiger partial charge in [0, 0.05) is 19.0 Å². The van der Waals surface area contributed by atoms with E-state index in [1.807, 2.05) is 19.9 Å². The lowest BCUT2D eigenvalue weighted by Gasteiger charge is -2.69. The molecule has 7 heteroatoms. The number of allylic oxidation sites excluding steroid dienone is 3. The normalized spacial score (nSPS) is 46.5. The summed E-state index contributed by atoms with van der Waals surface area (Å²) in [6.45, 7) is 12.2. The smallest absolute Gasteiger partial charge is 0.335 e. The maximum Gasteiger partial charge on any atom is 0.335 e. The second-order valence-electron chi connectivity index (χ2n) is 13.2. The van der Waals surface area contributed by atoms with Gasteiger partial charge in [0.15, 0.2) is 0 Å². The van der Waals surface area contributed by atoms with Crippen LogP contribution in [0, 0.1) is 34.0 Å². The first-order valence-electron chi connectivity index (χ1n) is 13.8. The molecule has 0 aliphatic heterocycles. The van der Waals surface area contributed by atoms with Gasteiger partial charge in [-0.1, -0.05) is 38.5 Å². The third-order valence-corrected chi connectivity index (χ3v) is 11.0. The highest BCUT2D eigenvalue weighted by Crippen LogP contribution is 2.73. The average molecular weight is 515 g/mol. The molecule has 0 aromatic carbocycles. The van der Waals surface area contributed by atoms with Crippen LogP contribution >= 0.6 is 0 Å². The van der Waals surface area contributed by atoms with Crippen molar-refractivity contribution in [2.45, 2.75) is 104 Å². The van der Waals surface area contributed by atoms with Gasteiger partial charge >= 0.3 is 11.9 Å². The maximum absolute atomic E-state index is 12.6. The highest BCUT2D eigenvalue weighted by Gasteiger charge is 2.70. The first-order chi connectivity index (χ1) is 17.2. The van der Waals surface area contributed by atoms with E-state index >= 15 is 0 Å². The van der Waals surface area contributed by atoms with Crippen molar-refractivity contribution in [3.63, 3.8) is 0 Å². The summed E-state index contributed by atoms with van der Waals surface area (Å²) in [7, 11) is 0. The number of aliphatic carboxylic acids is 1. The quantitative estimate of drug-likeness (QED) is 0.252. The van der Waals surface area contributed by atoms with E-state index in [9.17, 15) is 19.8 Å². The Morgan fingerprint density at radius 3 is 2.32 bits per heavy atom. The third-order valence-electron chi connectivity index (χ3n) is 11.0. The van der Waals surface area contributed by atoms with E-state index in [1.54, 1.807) is 12.2 Å². The summed E-state index contributed by atoms with van der Waals surface area (Å²) in [4.78, 5) is 24.8. The molecule has 0 aromatic heterocycles. The van der Waals surface area contributed by atoms with Gasteiger partial charge in [0.2, 0.25) is 0 Å². The van der Waals surface area contributed by atoms with Crippen LogP contribution in [0.1, 0.15) is 80.1 Å². The molecule has 0 bridgehead atoms. The van der Waals surface area contributed by atoms with Crippen LogP contribution in [0.2, 0.25) is 0 Å². The molecule has 10 atom stereocenters. The minimum atomic E-state index is -1.02. The Hall–Kier alpha value is -1.96. The first kappa shape index (κ1) is 28.1. The van der Waals surface area contributed by atoms with Gasteiger partial charge in [-0.2, -0.15) is 0 Å². The molecule has 0 saturated heterocycles. The lowest BCUT2D eigenvalue weighted by atomic mass is 9.36. The van der Waals surface area contributed by atoms with Gasteiger partial charge in [0.1, 0.15) is 6.10 Å². The number of carbonyl (C=O) groups excluding carboxylic acids is 1. The molecule has 0 aromatic rings. The second kappa shape index (κ2) is 9.65. The summed E-state index contributed by atoms with van der Waals surface area (Å²) in [5, 5.41) is 20.9. The molecule has 4 fully saturated rings. The van der Waals surface area contributed by atoms with Crippen molar-refractivity contribution in [1.29, 1.82) is 0 Å². The van der Waals surface area contributed by atoms with Gasteiger partial charge in [0.25, 0.3) is 0 Å². The highest BCUT2D eigenvalue weighted by atomic mass is 16.5. The van der Waals surface area contributed by atoms with Gasteiger partial charge in [-0.05, 0) is 98.0 Å². The van der Waals surface area contributed by atoms with E-state index in [2.05, 4.69) is 20.8 Å². The largest absolute Gasteiger partial charge is 0.478 e. The highest BCUT2D eigenvalue weighted by molar-refractivity contribution is 5.91. The molecule has 0 heterocycles. The fraction of sp³-hybridized carbons (Fsp3) is 0.733. The molecule has 4 saturated carbocycles. The number of hydrogen-bond acceptors (Lipinski definition) is 6. The SMILES string of the molecule is CC(=O)O[C@H]1C[C@@]2(C)[C@@H](C[C@@H](N)[C@H]3[C@@]4(C)CC[C@@H](O)[C@@H](N)[C@@H]4CC[C@@]32C)/C1=C(\C=C\C=C(C)C)C(=O)O. The number of aliphatic hydroxyl groups excluding tert-OH is 1. The fourth-order valence-electron chi connectivity index (χ4n) is 9.32. The number of hydrogen-bond donors (Lipinski definition) is 4. The van der Waals surface area contributed by atoms with Crippen LogP contribution in [0.5, 0.6) is 0 Å². The Morgan fingerprint density at radius 1 is 1.05 bits per heavy atom. The number of rotatable bonds is 4. The summed E-state index contributed by atoms with van der Waals surface area (Å²) >= 11 is 0. The number of fused-ring (bicyclic) bond motifs is 5. The number of esters is 1. The fourth-order valence-corrected chi connectivity index (χ4v) is 9.32. The Labute approximate surface area is 221 Å². The molecule has 0 amide bonds. The number of aliphatic hydroxyl groups is 1. The zero-order valence-electron chi connectivity index (χ0n) is 23.3. The molecule has 7 nitrogen and oxygen atoms in total. The van der Waals surface area contributed by atoms with Crippen molar-refractivity contribution in [2.75, 3.05) is 0 Å². The summed E-state index contributed by atoms with van der Waals surface area (Å²) < 4.78 is 5.86. The number of ether oxygens (including phenoxy) is 1. The summed E-state index contributed by atoms with van der Waals surface area (Å²) in [5.41, 5.74) is 15.0. The van der Waals surface area contributed by atoms with Crippen molar-refractivity contribution >= 4 is 11.9 Å². The lowest BCUT2D eigenvalue weighted by Crippen LogP contribution is -2.69. The molecular weight excluding hydrogens is 468 g/mol. The minimum absolute atomic E-state index is 0.110. The molecular formula is C30H46N2O5. The van der Waals surface area contributed by atoms with E-state index in [0.717, 1.165) is 24.8 Å². The zero-order valence-corrected chi connectivity index (χ0v) is 23.3. The Bertz CT molecular complexity index is 1040. The van der Waals surface area contributed by atoms with Crippen LogP contribution < -0.4 is 11.5 Å². The second-order valence-corrected chi connectivity index (χ2v) is 13.2. The van der Waals surface area contributed by atoms with Crippen molar-refractivity contribution in [2.24, 2.45) is 45.5 Å². The number of carboxylic acids is 1. The number of carboxylic acid groups (broad SMARTS) is 1. The molecule has 4 aliphatic carbocycles. The third kappa shape index (κ3) is 4.31. The van der Waals surface area contributed by atoms with Crippen molar-refractivity contribution in [1.82, 2.24) is 0 Å². The van der Waals surface area contributed by atoms with Crippen LogP contribution in [-0.2, 0) is 14.3 Å². The summed E-state index contributed by atoms with van der Waals surface area (Å²) in [5.74, 6) is -1.16. The minimum Gasteiger partial charge on any atom is -0.478 e. The topological polar surface area (TPSA) is 136 Å². The van der Waals surface area contributed by atoms with Gasteiger partial charge in [0.05, 0.1) is 11.7 Å². The predicted octanol–water partition coefficient (Wildman–Crippen LogP) is 4.10. The van der Waals surface area contributed by atoms with Gasteiger partial charge in [-0.15, -0.1) is 0 Å². The summed E-state index contributed by atoms with van der Waals surface area (Å²) in [6, 6.07) is -0.408. The Morgan fingerprint density at radius 2 is 1.73 bits per heavy atom. The molecule has 37 heavy (non-hydrogen) atoms. The summed E-state index contributed by atoms with van der Waals surface area (Å²) in [6.07, 6.45) is 8.78. The van der Waals surface area contributed by atoms with E-state index in [-0.39, 0.29) is 51.7 Å². The van der Waals surface area contributed by atoms with Gasteiger partial charge in [-0.25, -0.2) is 4.79 Å². The number of carbonyl (C=O) groups is 2. The van der Waals surface area contributed by atoms with Crippen molar-refractivity contribution in [3.8, 4) is 0 Å². The van der Waals surface area contributed by atoms with E-state index in [4.69, 9.17) is 16.2 Å². The molecule has 0 spiro atoms. The van der Waals surface area contributed by atoms with Crippen LogP contribution in [0.25, 0.3) is 0 Å². The van der Waals surface area contributed by atoms with E-state index < -0.39 is 24.1 Å². The molecule has 4 rings (SSSR count). The van der Waals surface area contributed by atoms with Gasteiger partial charge in [-0.3, -0.25) is 4.79 Å². The Balaban J connectivity index is 1.86. The van der Waals surface area contributed by atoms with E-state index in [1.165, 1.54) is 6.92 Å². The molecule has 4 aliphatic rings. The lowest BCUT2D eigenvalue weighted by molar-refractivity contribution is -0.196. The average Bonchev–Trinajstić information content (AvgIpc) is 3.05. The first-order valence-corrected chi connectivity index (χ1v) is 13.8. The van der Waals surface area contributed by atoms with Gasteiger partial charge < -0.3 is 26.4 Å². The van der Waals surface area contributed by atoms with E-state index in [0.29, 0.717) is 24.8 Å². The number of nitrogens with two attached hydrogens (primary N) is 2. The molecule has 206 valence electrons. The van der Waals surface area contributed by atoms with Crippen LogP contribution in [0.15, 0.2) is 34.9 Å². The zero-order chi connectivity index (χ0) is 27.5. The van der Waals surface area contributed by atoms with Crippen LogP contribution in [0.4, 0.5) is 0 Å². The van der Waals surface area contributed by atoms with Crippen molar-refractivity contribution < 1.29 is 24.5 Å². The standard InChI is InChI=1S/C30H46N2O5/c1-16(2)8-7-9-18(27(35)36)24-20-14-21(31)26-28(4)12-11-22(34)25(32)19(28)10-13-29(26,5)30(20,6)15-23(24)37-17(3)33/h7-9,19-23,25-26,34H,10-15,31-32H2,1-6H3,(H,35,36)/b9-7+,24-18-/t19-,20-,21+,22+,23-,25-,26-,28-,29-,30-/m0/s1. The van der Waals surface area contributed by atoms with Crippen LogP contribution in [-0.4, -0.2) is 46.4 Å². The monoisotopic (exact) mass is 514 g/mol. The maximum atomic E-state index is 12.6. The molecule has 6 N–H and O–H groups in total. The van der Waals surface area contributed by atoms with Crippen LogP contribution in [0.3, 0.4) is 0 Å². The Kier molecular flexibility index (Phi) is 7.32. The molecule has 0 unspecified atom stereocenters. The van der Waals surface area contributed by atoms with Crippen molar-refractivity contribution in [3.05, 3.63) is 34.9 Å². The predicted molar refractivity (Wildman–Crippen MR) is 143 cm³/mol.